The summed E-state index contributed by atoms with van der Waals surface area (Å²) in [5, 5.41) is 2.59. The van der Waals surface area contributed by atoms with Crippen LogP contribution in [0.25, 0.3) is 16.3 Å². The molecule has 2 aromatic carbocycles. The van der Waals surface area contributed by atoms with Crippen molar-refractivity contribution in [3.63, 3.8) is 0 Å². The minimum atomic E-state index is 0.106. The second-order valence-electron chi connectivity index (χ2n) is 7.11. The van der Waals surface area contributed by atoms with Crippen LogP contribution in [0.2, 0.25) is 0 Å². The number of fused-ring (bicyclic) bond motifs is 1. The van der Waals surface area contributed by atoms with Crippen molar-refractivity contribution in [2.75, 3.05) is 0 Å². The lowest BCUT2D eigenvalue weighted by atomic mass is 9.81. The monoisotopic (exact) mass is 304 g/mol. The molecule has 0 bridgehead atoms. The van der Waals surface area contributed by atoms with Gasteiger partial charge in [0.15, 0.2) is 0 Å². The minimum Gasteiger partial charge on any atom is -0.0819 e. The molecule has 0 heterocycles. The topological polar surface area (TPSA) is 0 Å². The van der Waals surface area contributed by atoms with Crippen molar-refractivity contribution < 1.29 is 0 Å². The van der Waals surface area contributed by atoms with Crippen molar-refractivity contribution >= 4 is 16.3 Å². The molecule has 0 aliphatic heterocycles. The summed E-state index contributed by atoms with van der Waals surface area (Å²) in [5.41, 5.74) is 4.09. The Kier molecular flexibility index (Phi) is 5.60. The van der Waals surface area contributed by atoms with E-state index in [1.165, 1.54) is 27.5 Å². The Bertz CT molecular complexity index is 749. The molecule has 0 spiro atoms. The third kappa shape index (κ3) is 4.69. The van der Waals surface area contributed by atoms with Crippen LogP contribution >= 0.6 is 0 Å². The highest BCUT2D eigenvalue weighted by molar-refractivity contribution is 5.87. The molecule has 0 heteroatoms. The van der Waals surface area contributed by atoms with Gasteiger partial charge in [0.05, 0.1) is 0 Å². The molecule has 0 atom stereocenters. The molecule has 0 unspecified atom stereocenters. The minimum absolute atomic E-state index is 0.106. The van der Waals surface area contributed by atoms with Gasteiger partial charge in [0, 0.05) is 0 Å². The molecule has 0 saturated carbocycles. The largest absolute Gasteiger partial charge is 0.0819 e. The van der Waals surface area contributed by atoms with Gasteiger partial charge >= 0.3 is 0 Å². The standard InChI is InChI=1S/C23H28/c1-6-10-18(2)11-9-14-22(23(3,4)5)21-16-15-19-12-7-8-13-20(19)17-21/h7-17H,6H2,1-5H3/b11-9+,18-10+,22-14-. The quantitative estimate of drug-likeness (QED) is 0.525. The number of rotatable bonds is 4. The van der Waals surface area contributed by atoms with E-state index in [9.17, 15) is 0 Å². The summed E-state index contributed by atoms with van der Waals surface area (Å²) in [5.74, 6) is 0. The predicted molar refractivity (Wildman–Crippen MR) is 105 cm³/mol. The van der Waals surface area contributed by atoms with E-state index in [0.29, 0.717) is 0 Å². The van der Waals surface area contributed by atoms with Crippen LogP contribution in [0.5, 0.6) is 0 Å². The van der Waals surface area contributed by atoms with Crippen LogP contribution in [-0.2, 0) is 0 Å². The first kappa shape index (κ1) is 17.3. The molecule has 0 radical (unpaired) electrons. The number of benzene rings is 2. The lowest BCUT2D eigenvalue weighted by Crippen LogP contribution is -2.08. The molecule has 0 amide bonds. The Balaban J connectivity index is 2.43. The van der Waals surface area contributed by atoms with Crippen molar-refractivity contribution in [2.45, 2.75) is 41.0 Å². The zero-order valence-corrected chi connectivity index (χ0v) is 15.1. The van der Waals surface area contributed by atoms with Crippen LogP contribution in [-0.4, -0.2) is 0 Å². The van der Waals surface area contributed by atoms with Crippen LogP contribution in [0.4, 0.5) is 0 Å². The molecular weight excluding hydrogens is 276 g/mol. The summed E-state index contributed by atoms with van der Waals surface area (Å²) in [4.78, 5) is 0. The summed E-state index contributed by atoms with van der Waals surface area (Å²) in [7, 11) is 0. The average molecular weight is 304 g/mol. The molecule has 0 aromatic heterocycles. The zero-order valence-electron chi connectivity index (χ0n) is 15.1. The smallest absolute Gasteiger partial charge is 0.0126 e. The Hall–Kier alpha value is -2.08. The van der Waals surface area contributed by atoms with Crippen LogP contribution in [0.15, 0.2) is 72.3 Å². The van der Waals surface area contributed by atoms with Gasteiger partial charge in [0.2, 0.25) is 0 Å². The fourth-order valence-corrected chi connectivity index (χ4v) is 2.82. The first-order valence-electron chi connectivity index (χ1n) is 8.46. The van der Waals surface area contributed by atoms with E-state index < -0.39 is 0 Å². The van der Waals surface area contributed by atoms with E-state index >= 15 is 0 Å². The van der Waals surface area contributed by atoms with E-state index in [4.69, 9.17) is 0 Å². The Labute approximate surface area is 141 Å². The summed E-state index contributed by atoms with van der Waals surface area (Å²) in [6, 6.07) is 15.3. The van der Waals surface area contributed by atoms with E-state index in [1.54, 1.807) is 0 Å². The Morgan fingerprint density at radius 3 is 2.35 bits per heavy atom. The summed E-state index contributed by atoms with van der Waals surface area (Å²) < 4.78 is 0. The molecule has 2 rings (SSSR count). The number of allylic oxidation sites excluding steroid dienone is 6. The Morgan fingerprint density at radius 1 is 1.00 bits per heavy atom. The van der Waals surface area contributed by atoms with Gasteiger partial charge in [-0.05, 0) is 46.7 Å². The third-order valence-corrected chi connectivity index (χ3v) is 4.02. The fourth-order valence-electron chi connectivity index (χ4n) is 2.82. The van der Waals surface area contributed by atoms with E-state index in [0.717, 1.165) is 6.42 Å². The number of hydrogen-bond acceptors (Lipinski definition) is 0. The zero-order chi connectivity index (χ0) is 16.9. The molecule has 0 nitrogen and oxygen atoms in total. The van der Waals surface area contributed by atoms with Crippen molar-refractivity contribution in [1.82, 2.24) is 0 Å². The highest BCUT2D eigenvalue weighted by Crippen LogP contribution is 2.35. The summed E-state index contributed by atoms with van der Waals surface area (Å²) >= 11 is 0. The number of hydrogen-bond donors (Lipinski definition) is 0. The molecule has 2 aromatic rings. The van der Waals surface area contributed by atoms with Crippen molar-refractivity contribution in [3.8, 4) is 0 Å². The maximum absolute atomic E-state index is 2.30. The summed E-state index contributed by atoms with van der Waals surface area (Å²) in [6.07, 6.45) is 9.96. The Morgan fingerprint density at radius 2 is 1.70 bits per heavy atom. The average Bonchev–Trinajstić information content (AvgIpc) is 2.50. The molecule has 0 fully saturated rings. The highest BCUT2D eigenvalue weighted by Gasteiger charge is 2.18. The SMILES string of the molecule is CC/C=C(C)/C=C/C=C(/c1ccc2ccccc2c1)C(C)(C)C. The molecule has 23 heavy (non-hydrogen) atoms. The van der Waals surface area contributed by atoms with Crippen LogP contribution in [0.3, 0.4) is 0 Å². The van der Waals surface area contributed by atoms with Crippen LogP contribution in [0.1, 0.15) is 46.6 Å². The molecule has 0 saturated heterocycles. The van der Waals surface area contributed by atoms with Gasteiger partial charge in [-0.3, -0.25) is 0 Å². The van der Waals surface area contributed by atoms with Crippen LogP contribution in [0, 0.1) is 5.41 Å². The van der Waals surface area contributed by atoms with Crippen LogP contribution < -0.4 is 0 Å². The van der Waals surface area contributed by atoms with E-state index in [-0.39, 0.29) is 5.41 Å². The lowest BCUT2D eigenvalue weighted by molar-refractivity contribution is 0.567. The highest BCUT2D eigenvalue weighted by atomic mass is 14.2. The molecule has 120 valence electrons. The van der Waals surface area contributed by atoms with Gasteiger partial charge in [-0.2, -0.15) is 0 Å². The molecule has 0 aliphatic carbocycles. The summed E-state index contributed by atoms with van der Waals surface area (Å²) in [6.45, 7) is 11.1. The van der Waals surface area contributed by atoms with Crippen molar-refractivity contribution in [1.29, 1.82) is 0 Å². The van der Waals surface area contributed by atoms with Gasteiger partial charge < -0.3 is 0 Å². The van der Waals surface area contributed by atoms with E-state index in [1.807, 2.05) is 0 Å². The maximum Gasteiger partial charge on any atom is -0.0126 e. The van der Waals surface area contributed by atoms with E-state index in [2.05, 4.69) is 101 Å². The van der Waals surface area contributed by atoms with Gasteiger partial charge in [-0.1, -0.05) is 94.0 Å². The predicted octanol–water partition coefficient (Wildman–Crippen LogP) is 7.18. The maximum atomic E-state index is 2.30. The van der Waals surface area contributed by atoms with Gasteiger partial charge in [-0.15, -0.1) is 0 Å². The van der Waals surface area contributed by atoms with Gasteiger partial charge in [-0.25, -0.2) is 0 Å². The molecule has 0 N–H and O–H groups in total. The van der Waals surface area contributed by atoms with Crippen molar-refractivity contribution in [2.24, 2.45) is 5.41 Å². The first-order chi connectivity index (χ1) is 10.9. The molecular formula is C23H28. The first-order valence-corrected chi connectivity index (χ1v) is 8.46. The normalized spacial score (nSPS) is 14.0. The van der Waals surface area contributed by atoms with Crippen molar-refractivity contribution in [3.05, 3.63) is 77.9 Å². The lowest BCUT2D eigenvalue weighted by Gasteiger charge is -2.23. The van der Waals surface area contributed by atoms with Gasteiger partial charge in [0.1, 0.15) is 0 Å². The third-order valence-electron chi connectivity index (χ3n) is 4.02. The van der Waals surface area contributed by atoms with Gasteiger partial charge in [0.25, 0.3) is 0 Å². The second-order valence-corrected chi connectivity index (χ2v) is 7.11. The second kappa shape index (κ2) is 7.46. The molecule has 0 aliphatic rings. The fraction of sp³-hybridized carbons (Fsp3) is 0.304.